The zero-order valence-corrected chi connectivity index (χ0v) is 15.5. The maximum atomic E-state index is 12.0. The van der Waals surface area contributed by atoms with E-state index >= 15 is 0 Å². The van der Waals surface area contributed by atoms with E-state index in [2.05, 4.69) is 10.4 Å². The number of halogens is 1. The fourth-order valence-electron chi connectivity index (χ4n) is 2.53. The molecule has 3 rings (SSSR count). The summed E-state index contributed by atoms with van der Waals surface area (Å²) in [4.78, 5) is 12.0. The number of hydrogen-bond acceptors (Lipinski definition) is 5. The summed E-state index contributed by atoms with van der Waals surface area (Å²) >= 11 is 14.1. The van der Waals surface area contributed by atoms with Gasteiger partial charge in [-0.15, -0.1) is 5.10 Å². The maximum Gasteiger partial charge on any atom is 0.230 e. The third kappa shape index (κ3) is 4.56. The Bertz CT molecular complexity index is 735. The van der Waals surface area contributed by atoms with Crippen LogP contribution in [0.3, 0.4) is 0 Å². The van der Waals surface area contributed by atoms with Crippen molar-refractivity contribution < 1.29 is 4.79 Å². The molecule has 1 aromatic heterocycles. The van der Waals surface area contributed by atoms with Gasteiger partial charge in [-0.1, -0.05) is 47.5 Å². The van der Waals surface area contributed by atoms with Crippen molar-refractivity contribution in [2.45, 2.75) is 36.1 Å². The molecule has 1 saturated carbocycles. The van der Waals surface area contributed by atoms with Gasteiger partial charge < -0.3 is 5.32 Å². The number of nitrogens with zero attached hydrogens (tertiary/aromatic N) is 2. The first-order chi connectivity index (χ1) is 11.1. The number of nitrogens with one attached hydrogen (secondary N) is 1. The second-order valence-electron chi connectivity index (χ2n) is 5.36. The second-order valence-corrected chi connectivity index (χ2v) is 8.64. The zero-order chi connectivity index (χ0) is 16.2. The lowest BCUT2D eigenvalue weighted by molar-refractivity contribution is -0.119. The minimum Gasteiger partial charge on any atom is -0.353 e. The SMILES string of the molecule is O=C(CSc1nn(-c2ccc(Cl)cc2)c(=S)s1)NC1CCCC1. The highest BCUT2D eigenvalue weighted by Crippen LogP contribution is 2.25. The van der Waals surface area contributed by atoms with Gasteiger partial charge in [0.15, 0.2) is 8.29 Å². The Hall–Kier alpha value is -0.890. The third-order valence-corrected chi connectivity index (χ3v) is 6.26. The van der Waals surface area contributed by atoms with Gasteiger partial charge in [-0.2, -0.15) is 0 Å². The van der Waals surface area contributed by atoms with E-state index in [1.54, 1.807) is 16.8 Å². The van der Waals surface area contributed by atoms with Gasteiger partial charge >= 0.3 is 0 Å². The standard InChI is InChI=1S/C15H16ClN3OS3/c16-10-5-7-12(8-6-10)19-15(21)23-14(18-19)22-9-13(20)17-11-3-1-2-4-11/h5-8,11H,1-4,9H2,(H,17,20). The van der Waals surface area contributed by atoms with Gasteiger partial charge in [0.05, 0.1) is 11.4 Å². The average molecular weight is 386 g/mol. The van der Waals surface area contributed by atoms with Crippen LogP contribution >= 0.6 is 46.9 Å². The highest BCUT2D eigenvalue weighted by Gasteiger charge is 2.17. The van der Waals surface area contributed by atoms with Crippen LogP contribution in [0.1, 0.15) is 25.7 Å². The van der Waals surface area contributed by atoms with E-state index in [9.17, 15) is 4.79 Å². The Morgan fingerprint density at radius 1 is 1.39 bits per heavy atom. The molecule has 0 atom stereocenters. The summed E-state index contributed by atoms with van der Waals surface area (Å²) in [6, 6.07) is 7.71. The molecule has 8 heteroatoms. The number of hydrogen-bond donors (Lipinski definition) is 1. The molecule has 0 aliphatic heterocycles. The van der Waals surface area contributed by atoms with Crippen LogP contribution in [0.15, 0.2) is 28.6 Å². The smallest absolute Gasteiger partial charge is 0.230 e. The molecule has 0 radical (unpaired) electrons. The minimum absolute atomic E-state index is 0.0704. The highest BCUT2D eigenvalue weighted by molar-refractivity contribution is 8.01. The van der Waals surface area contributed by atoms with Gasteiger partial charge in [0.25, 0.3) is 0 Å². The normalized spacial score (nSPS) is 15.0. The van der Waals surface area contributed by atoms with Gasteiger partial charge in [0, 0.05) is 11.1 Å². The number of benzene rings is 1. The van der Waals surface area contributed by atoms with Crippen molar-refractivity contribution >= 4 is 52.8 Å². The topological polar surface area (TPSA) is 46.9 Å². The molecular weight excluding hydrogens is 370 g/mol. The third-order valence-electron chi connectivity index (χ3n) is 3.65. The van der Waals surface area contributed by atoms with Crippen molar-refractivity contribution in [2.75, 3.05) is 5.75 Å². The Morgan fingerprint density at radius 2 is 2.09 bits per heavy atom. The fourth-order valence-corrected chi connectivity index (χ4v) is 4.83. The van der Waals surface area contributed by atoms with Gasteiger partial charge in [0.2, 0.25) is 5.91 Å². The molecule has 0 unspecified atom stereocenters. The van der Waals surface area contributed by atoms with Crippen LogP contribution < -0.4 is 5.32 Å². The Balaban J connectivity index is 1.60. The molecule has 1 aromatic carbocycles. The number of amides is 1. The molecule has 1 N–H and O–H groups in total. The first kappa shape index (κ1) is 17.0. The van der Waals surface area contributed by atoms with E-state index in [1.165, 1.54) is 35.9 Å². The van der Waals surface area contributed by atoms with Crippen molar-refractivity contribution in [3.05, 3.63) is 33.2 Å². The summed E-state index contributed by atoms with van der Waals surface area (Å²) < 4.78 is 3.16. The van der Waals surface area contributed by atoms with Crippen LogP contribution in [0.5, 0.6) is 0 Å². The van der Waals surface area contributed by atoms with Crippen molar-refractivity contribution in [3.8, 4) is 5.69 Å². The molecule has 1 amide bonds. The summed E-state index contributed by atoms with van der Waals surface area (Å²) in [5, 5.41) is 8.24. The monoisotopic (exact) mass is 385 g/mol. The summed E-state index contributed by atoms with van der Waals surface area (Å²) in [5.74, 6) is 0.445. The van der Waals surface area contributed by atoms with Crippen LogP contribution in [0, 0.1) is 3.95 Å². The molecule has 1 aliphatic rings. The van der Waals surface area contributed by atoms with Crippen LogP contribution in [0.25, 0.3) is 5.69 Å². The largest absolute Gasteiger partial charge is 0.353 e. The van der Waals surface area contributed by atoms with Crippen LogP contribution in [0.2, 0.25) is 5.02 Å². The molecule has 1 fully saturated rings. The lowest BCUT2D eigenvalue weighted by Crippen LogP contribution is -2.33. The molecule has 122 valence electrons. The molecule has 0 spiro atoms. The van der Waals surface area contributed by atoms with E-state index in [0.717, 1.165) is 22.9 Å². The molecule has 1 heterocycles. The van der Waals surface area contributed by atoms with E-state index in [1.807, 2.05) is 12.1 Å². The molecule has 4 nitrogen and oxygen atoms in total. The average Bonchev–Trinajstić information content (AvgIpc) is 3.16. The predicted octanol–water partition coefficient (Wildman–Crippen LogP) is 4.47. The summed E-state index contributed by atoms with van der Waals surface area (Å²) in [6.45, 7) is 0. The summed E-state index contributed by atoms with van der Waals surface area (Å²) in [7, 11) is 0. The highest BCUT2D eigenvalue weighted by atomic mass is 35.5. The summed E-state index contributed by atoms with van der Waals surface area (Å²) in [5.41, 5.74) is 0.873. The van der Waals surface area contributed by atoms with E-state index < -0.39 is 0 Å². The first-order valence-corrected chi connectivity index (χ1v) is 9.99. The quantitative estimate of drug-likeness (QED) is 0.609. The van der Waals surface area contributed by atoms with Crippen molar-refractivity contribution in [3.63, 3.8) is 0 Å². The van der Waals surface area contributed by atoms with Crippen LogP contribution in [-0.2, 0) is 4.79 Å². The van der Waals surface area contributed by atoms with Gasteiger partial charge in [-0.25, -0.2) is 4.68 Å². The van der Waals surface area contributed by atoms with E-state index in [-0.39, 0.29) is 5.91 Å². The lowest BCUT2D eigenvalue weighted by Gasteiger charge is -2.10. The fraction of sp³-hybridized carbons (Fsp3) is 0.400. The Kier molecular flexibility index (Phi) is 5.74. The van der Waals surface area contributed by atoms with Crippen LogP contribution in [-0.4, -0.2) is 27.5 Å². The number of aromatic nitrogens is 2. The molecular formula is C15H16ClN3OS3. The maximum absolute atomic E-state index is 12.0. The number of carbonyl (C=O) groups is 1. The Labute approximate surface area is 153 Å². The molecule has 0 bridgehead atoms. The zero-order valence-electron chi connectivity index (χ0n) is 12.3. The molecule has 1 aliphatic carbocycles. The van der Waals surface area contributed by atoms with Gasteiger partial charge in [-0.05, 0) is 49.3 Å². The van der Waals surface area contributed by atoms with E-state index in [4.69, 9.17) is 23.8 Å². The van der Waals surface area contributed by atoms with E-state index in [0.29, 0.717) is 20.8 Å². The van der Waals surface area contributed by atoms with Gasteiger partial charge in [-0.3, -0.25) is 4.79 Å². The first-order valence-electron chi connectivity index (χ1n) is 7.40. The Morgan fingerprint density at radius 3 is 2.78 bits per heavy atom. The lowest BCUT2D eigenvalue weighted by atomic mass is 10.2. The van der Waals surface area contributed by atoms with Crippen LogP contribution in [0.4, 0.5) is 0 Å². The predicted molar refractivity (Wildman–Crippen MR) is 98.4 cm³/mol. The molecule has 23 heavy (non-hydrogen) atoms. The molecule has 0 saturated heterocycles. The second kappa shape index (κ2) is 7.79. The molecule has 2 aromatic rings. The summed E-state index contributed by atoms with van der Waals surface area (Å²) in [6.07, 6.45) is 4.62. The number of carbonyl (C=O) groups excluding carboxylic acids is 1. The van der Waals surface area contributed by atoms with Crippen molar-refractivity contribution in [1.29, 1.82) is 0 Å². The van der Waals surface area contributed by atoms with Gasteiger partial charge in [0.1, 0.15) is 0 Å². The van der Waals surface area contributed by atoms with Crippen molar-refractivity contribution in [1.82, 2.24) is 15.1 Å². The minimum atomic E-state index is 0.0704. The number of thioether (sulfide) groups is 1. The van der Waals surface area contributed by atoms with Crippen molar-refractivity contribution in [2.24, 2.45) is 0 Å². The number of rotatable bonds is 5.